The van der Waals surface area contributed by atoms with E-state index in [1.165, 1.54) is 32.1 Å². The average molecular weight is 227 g/mol. The summed E-state index contributed by atoms with van der Waals surface area (Å²) in [5, 5.41) is 3.46. The van der Waals surface area contributed by atoms with E-state index in [0.29, 0.717) is 17.6 Å². The Bertz CT molecular complexity index is 181. The van der Waals surface area contributed by atoms with Gasteiger partial charge in [-0.05, 0) is 44.4 Å². The van der Waals surface area contributed by atoms with Gasteiger partial charge < -0.3 is 10.1 Å². The van der Waals surface area contributed by atoms with Crippen molar-refractivity contribution in [1.29, 1.82) is 0 Å². The highest BCUT2D eigenvalue weighted by atomic mass is 16.5. The third kappa shape index (κ3) is 5.31. The highest BCUT2D eigenvalue weighted by molar-refractivity contribution is 4.78. The molecule has 0 aromatic carbocycles. The lowest BCUT2D eigenvalue weighted by molar-refractivity contribution is 0.00543. The monoisotopic (exact) mass is 227 g/mol. The van der Waals surface area contributed by atoms with Crippen molar-refractivity contribution in [1.82, 2.24) is 5.32 Å². The van der Waals surface area contributed by atoms with Crippen molar-refractivity contribution in [3.8, 4) is 0 Å². The van der Waals surface area contributed by atoms with Crippen LogP contribution in [0.1, 0.15) is 59.8 Å². The van der Waals surface area contributed by atoms with E-state index in [0.717, 1.165) is 13.2 Å². The topological polar surface area (TPSA) is 21.3 Å². The molecule has 0 amide bonds. The van der Waals surface area contributed by atoms with Gasteiger partial charge >= 0.3 is 0 Å². The SMILES string of the molecule is CCC(C)NCCOC1CCC(C)(C)CC1. The first-order valence-electron chi connectivity index (χ1n) is 6.88. The van der Waals surface area contributed by atoms with Crippen LogP contribution in [0.2, 0.25) is 0 Å². The Hall–Kier alpha value is -0.0800. The molecular weight excluding hydrogens is 198 g/mol. The molecule has 0 spiro atoms. The van der Waals surface area contributed by atoms with E-state index >= 15 is 0 Å². The zero-order valence-corrected chi connectivity index (χ0v) is 11.5. The zero-order chi connectivity index (χ0) is 12.0. The standard InChI is InChI=1S/C14H29NO/c1-5-12(2)15-10-11-16-13-6-8-14(3,4)9-7-13/h12-13,15H,5-11H2,1-4H3. The second-order valence-corrected chi connectivity index (χ2v) is 6.00. The molecule has 2 heteroatoms. The summed E-state index contributed by atoms with van der Waals surface area (Å²) in [5.41, 5.74) is 0.550. The maximum absolute atomic E-state index is 5.91. The van der Waals surface area contributed by atoms with Crippen LogP contribution < -0.4 is 5.32 Å². The fourth-order valence-corrected chi connectivity index (χ4v) is 2.21. The van der Waals surface area contributed by atoms with Gasteiger partial charge in [-0.25, -0.2) is 0 Å². The number of ether oxygens (including phenoxy) is 1. The van der Waals surface area contributed by atoms with E-state index in [1.54, 1.807) is 0 Å². The molecule has 1 unspecified atom stereocenters. The molecule has 16 heavy (non-hydrogen) atoms. The second-order valence-electron chi connectivity index (χ2n) is 6.00. The lowest BCUT2D eigenvalue weighted by Crippen LogP contribution is -2.32. The zero-order valence-electron chi connectivity index (χ0n) is 11.5. The van der Waals surface area contributed by atoms with Crippen LogP contribution in [0.15, 0.2) is 0 Å². The fourth-order valence-electron chi connectivity index (χ4n) is 2.21. The van der Waals surface area contributed by atoms with Crippen molar-refractivity contribution < 1.29 is 4.74 Å². The molecule has 1 aliphatic rings. The molecule has 0 saturated heterocycles. The Morgan fingerprint density at radius 2 is 1.94 bits per heavy atom. The lowest BCUT2D eigenvalue weighted by Gasteiger charge is -2.34. The Labute approximate surface area is 101 Å². The molecule has 1 N–H and O–H groups in total. The van der Waals surface area contributed by atoms with Crippen LogP contribution in [0.3, 0.4) is 0 Å². The van der Waals surface area contributed by atoms with E-state index in [1.807, 2.05) is 0 Å². The smallest absolute Gasteiger partial charge is 0.0594 e. The predicted octanol–water partition coefficient (Wildman–Crippen LogP) is 3.36. The molecule has 1 atom stereocenters. The van der Waals surface area contributed by atoms with E-state index in [-0.39, 0.29) is 0 Å². The first kappa shape index (κ1) is 14.0. The summed E-state index contributed by atoms with van der Waals surface area (Å²) in [6.07, 6.45) is 6.84. The second kappa shape index (κ2) is 6.61. The number of hydrogen-bond acceptors (Lipinski definition) is 2. The van der Waals surface area contributed by atoms with Crippen LogP contribution in [-0.4, -0.2) is 25.3 Å². The molecule has 0 bridgehead atoms. The van der Waals surface area contributed by atoms with Crippen LogP contribution in [0, 0.1) is 5.41 Å². The largest absolute Gasteiger partial charge is 0.377 e. The molecule has 1 aliphatic carbocycles. The first-order chi connectivity index (χ1) is 7.53. The van der Waals surface area contributed by atoms with Crippen LogP contribution in [0.4, 0.5) is 0 Å². The van der Waals surface area contributed by atoms with E-state index < -0.39 is 0 Å². The first-order valence-corrected chi connectivity index (χ1v) is 6.88. The van der Waals surface area contributed by atoms with Gasteiger partial charge in [-0.15, -0.1) is 0 Å². The molecule has 0 radical (unpaired) electrons. The van der Waals surface area contributed by atoms with Crippen LogP contribution in [0.25, 0.3) is 0 Å². The molecule has 1 rings (SSSR count). The minimum absolute atomic E-state index is 0.520. The molecule has 96 valence electrons. The molecular formula is C14H29NO. The van der Waals surface area contributed by atoms with Gasteiger partial charge in [-0.1, -0.05) is 20.8 Å². The molecule has 0 aromatic rings. The summed E-state index contributed by atoms with van der Waals surface area (Å²) in [6.45, 7) is 11.0. The van der Waals surface area contributed by atoms with Crippen molar-refractivity contribution in [2.75, 3.05) is 13.2 Å². The van der Waals surface area contributed by atoms with Crippen molar-refractivity contribution in [3.63, 3.8) is 0 Å². The van der Waals surface area contributed by atoms with Gasteiger partial charge in [-0.3, -0.25) is 0 Å². The summed E-state index contributed by atoms with van der Waals surface area (Å²) in [4.78, 5) is 0. The third-order valence-electron chi connectivity index (χ3n) is 3.85. The Morgan fingerprint density at radius 1 is 1.31 bits per heavy atom. The highest BCUT2D eigenvalue weighted by Gasteiger charge is 2.26. The summed E-state index contributed by atoms with van der Waals surface area (Å²) in [5.74, 6) is 0. The number of nitrogens with one attached hydrogen (secondary N) is 1. The normalized spacial score (nSPS) is 23.2. The van der Waals surface area contributed by atoms with Crippen LogP contribution in [-0.2, 0) is 4.74 Å². The average Bonchev–Trinajstić information content (AvgIpc) is 2.26. The number of rotatable bonds is 6. The quantitative estimate of drug-likeness (QED) is 0.703. The predicted molar refractivity (Wildman–Crippen MR) is 69.7 cm³/mol. The van der Waals surface area contributed by atoms with Crippen molar-refractivity contribution in [2.45, 2.75) is 71.9 Å². The summed E-state index contributed by atoms with van der Waals surface area (Å²) >= 11 is 0. The van der Waals surface area contributed by atoms with Gasteiger partial charge in [0.05, 0.1) is 12.7 Å². The lowest BCUT2D eigenvalue weighted by atomic mass is 9.76. The molecule has 0 heterocycles. The highest BCUT2D eigenvalue weighted by Crippen LogP contribution is 2.35. The van der Waals surface area contributed by atoms with Gasteiger partial charge in [0.2, 0.25) is 0 Å². The van der Waals surface area contributed by atoms with Gasteiger partial charge in [0.25, 0.3) is 0 Å². The minimum Gasteiger partial charge on any atom is -0.377 e. The molecule has 0 aromatic heterocycles. The van der Waals surface area contributed by atoms with E-state index in [2.05, 4.69) is 33.0 Å². The van der Waals surface area contributed by atoms with Crippen molar-refractivity contribution >= 4 is 0 Å². The third-order valence-corrected chi connectivity index (χ3v) is 3.85. The van der Waals surface area contributed by atoms with E-state index in [4.69, 9.17) is 4.74 Å². The van der Waals surface area contributed by atoms with Gasteiger partial charge in [0.1, 0.15) is 0 Å². The molecule has 2 nitrogen and oxygen atoms in total. The molecule has 1 fully saturated rings. The van der Waals surface area contributed by atoms with Crippen LogP contribution >= 0.6 is 0 Å². The minimum atomic E-state index is 0.520. The van der Waals surface area contributed by atoms with Crippen LogP contribution in [0.5, 0.6) is 0 Å². The Kier molecular flexibility index (Phi) is 5.77. The van der Waals surface area contributed by atoms with Crippen molar-refractivity contribution in [2.24, 2.45) is 5.41 Å². The summed E-state index contributed by atoms with van der Waals surface area (Å²) in [6, 6.07) is 0.619. The summed E-state index contributed by atoms with van der Waals surface area (Å²) in [7, 11) is 0. The van der Waals surface area contributed by atoms with Crippen molar-refractivity contribution in [3.05, 3.63) is 0 Å². The molecule has 0 aliphatic heterocycles. The molecule has 1 saturated carbocycles. The Balaban J connectivity index is 2.02. The summed E-state index contributed by atoms with van der Waals surface area (Å²) < 4.78 is 5.91. The van der Waals surface area contributed by atoms with Gasteiger partial charge in [0.15, 0.2) is 0 Å². The van der Waals surface area contributed by atoms with Gasteiger partial charge in [0, 0.05) is 12.6 Å². The number of hydrogen-bond donors (Lipinski definition) is 1. The maximum atomic E-state index is 5.91. The fraction of sp³-hybridized carbons (Fsp3) is 1.00. The maximum Gasteiger partial charge on any atom is 0.0594 e. The van der Waals surface area contributed by atoms with Gasteiger partial charge in [-0.2, -0.15) is 0 Å². The van der Waals surface area contributed by atoms with E-state index in [9.17, 15) is 0 Å². The Morgan fingerprint density at radius 3 is 2.50 bits per heavy atom.